The number of carbonyl (C=O) groups is 3. The molecule has 2 rings (SSSR count). The maximum absolute atomic E-state index is 12.3. The first-order chi connectivity index (χ1) is 13.2. The van der Waals surface area contributed by atoms with Crippen LogP contribution in [0.15, 0.2) is 60.7 Å². The summed E-state index contributed by atoms with van der Waals surface area (Å²) >= 11 is 0. The first kappa shape index (κ1) is 20.2. The molecule has 0 aromatic heterocycles. The van der Waals surface area contributed by atoms with E-state index in [1.807, 2.05) is 60.7 Å². The van der Waals surface area contributed by atoms with Crippen LogP contribution in [0.1, 0.15) is 30.4 Å². The third-order valence-electron chi connectivity index (χ3n) is 3.83. The molecule has 0 heterocycles. The first-order valence-electron chi connectivity index (χ1n) is 8.80. The van der Waals surface area contributed by atoms with Crippen LogP contribution in [-0.2, 0) is 32.3 Å². The maximum atomic E-state index is 12.3. The predicted octanol–water partition coefficient (Wildman–Crippen LogP) is 3.39. The number of hydrogen-bond acceptors (Lipinski definition) is 5. The molecular formula is C21H23NO5. The fourth-order valence-electron chi connectivity index (χ4n) is 2.39. The molecule has 0 fully saturated rings. The Hall–Kier alpha value is -3.15. The van der Waals surface area contributed by atoms with Crippen LogP contribution in [0.4, 0.5) is 4.79 Å². The molecule has 27 heavy (non-hydrogen) atoms. The summed E-state index contributed by atoms with van der Waals surface area (Å²) in [6.45, 7) is 0.220. The minimum atomic E-state index is -0.864. The summed E-state index contributed by atoms with van der Waals surface area (Å²) in [5, 5.41) is 2.53. The van der Waals surface area contributed by atoms with Crippen molar-refractivity contribution in [3.8, 4) is 0 Å². The van der Waals surface area contributed by atoms with E-state index in [4.69, 9.17) is 9.47 Å². The van der Waals surface area contributed by atoms with Crippen molar-refractivity contribution in [2.24, 2.45) is 0 Å². The van der Waals surface area contributed by atoms with Crippen molar-refractivity contribution in [3.05, 3.63) is 71.8 Å². The summed E-state index contributed by atoms with van der Waals surface area (Å²) < 4.78 is 10.4. The van der Waals surface area contributed by atoms with E-state index in [9.17, 15) is 14.4 Å². The Balaban J connectivity index is 1.86. The topological polar surface area (TPSA) is 81.7 Å². The molecule has 2 aromatic rings. The largest absolute Gasteiger partial charge is 0.459 e. The summed E-state index contributed by atoms with van der Waals surface area (Å²) in [4.78, 5) is 34.9. The van der Waals surface area contributed by atoms with Gasteiger partial charge in [-0.3, -0.25) is 0 Å². The van der Waals surface area contributed by atoms with Crippen molar-refractivity contribution in [2.75, 3.05) is 0 Å². The Bertz CT molecular complexity index is 718. The number of ether oxygens (including phenoxy) is 2. The second-order valence-corrected chi connectivity index (χ2v) is 5.95. The highest BCUT2D eigenvalue weighted by molar-refractivity contribution is 5.81. The lowest BCUT2D eigenvalue weighted by Gasteiger charge is -2.17. The van der Waals surface area contributed by atoms with Crippen LogP contribution in [0.25, 0.3) is 0 Å². The number of amides is 1. The number of carbonyl (C=O) groups excluding carboxylic acids is 3. The van der Waals surface area contributed by atoms with E-state index in [1.54, 1.807) is 0 Å². The normalized spacial score (nSPS) is 11.3. The molecule has 6 nitrogen and oxygen atoms in total. The number of esters is 1. The molecule has 0 bridgehead atoms. The first-order valence-corrected chi connectivity index (χ1v) is 8.80. The van der Waals surface area contributed by atoms with Crippen molar-refractivity contribution in [3.63, 3.8) is 0 Å². The SMILES string of the molecule is O=CCCC[C@H](NC(=O)OCc1ccccc1)C(=O)OCc1ccccc1. The molecule has 1 amide bonds. The second kappa shape index (κ2) is 11.5. The minimum absolute atomic E-state index is 0.104. The van der Waals surface area contributed by atoms with Gasteiger partial charge in [-0.05, 0) is 24.0 Å². The molecule has 0 saturated heterocycles. The van der Waals surface area contributed by atoms with Crippen LogP contribution in [0.5, 0.6) is 0 Å². The van der Waals surface area contributed by atoms with E-state index < -0.39 is 18.1 Å². The van der Waals surface area contributed by atoms with Gasteiger partial charge in [-0.15, -0.1) is 0 Å². The van der Waals surface area contributed by atoms with Crippen molar-refractivity contribution >= 4 is 18.3 Å². The highest BCUT2D eigenvalue weighted by Crippen LogP contribution is 2.07. The third kappa shape index (κ3) is 7.73. The Morgan fingerprint density at radius 3 is 2.00 bits per heavy atom. The zero-order chi connectivity index (χ0) is 19.3. The fourth-order valence-corrected chi connectivity index (χ4v) is 2.39. The van der Waals surface area contributed by atoms with Gasteiger partial charge in [0.1, 0.15) is 25.5 Å². The quantitative estimate of drug-likeness (QED) is 0.394. The van der Waals surface area contributed by atoms with Gasteiger partial charge in [0.2, 0.25) is 0 Å². The summed E-state index contributed by atoms with van der Waals surface area (Å²) in [7, 11) is 0. The van der Waals surface area contributed by atoms with E-state index in [0.717, 1.165) is 17.4 Å². The lowest BCUT2D eigenvalue weighted by molar-refractivity contribution is -0.147. The number of alkyl carbamates (subject to hydrolysis) is 1. The van der Waals surface area contributed by atoms with Gasteiger partial charge in [0.25, 0.3) is 0 Å². The van der Waals surface area contributed by atoms with Gasteiger partial charge in [0.15, 0.2) is 0 Å². The molecule has 6 heteroatoms. The average molecular weight is 369 g/mol. The van der Waals surface area contributed by atoms with Crippen LogP contribution >= 0.6 is 0 Å². The molecule has 0 unspecified atom stereocenters. The molecule has 142 valence electrons. The Labute approximate surface area is 158 Å². The Morgan fingerprint density at radius 1 is 0.889 bits per heavy atom. The monoisotopic (exact) mass is 369 g/mol. The predicted molar refractivity (Wildman–Crippen MR) is 99.7 cm³/mol. The molecule has 0 radical (unpaired) electrons. The molecule has 1 atom stereocenters. The summed E-state index contributed by atoms with van der Waals surface area (Å²) in [5.41, 5.74) is 1.70. The maximum Gasteiger partial charge on any atom is 0.408 e. The zero-order valence-electron chi connectivity index (χ0n) is 15.0. The number of rotatable bonds is 10. The van der Waals surface area contributed by atoms with Crippen LogP contribution in [-0.4, -0.2) is 24.4 Å². The molecule has 0 aliphatic rings. The molecule has 2 aromatic carbocycles. The number of benzene rings is 2. The molecule has 1 N–H and O–H groups in total. The third-order valence-corrected chi connectivity index (χ3v) is 3.83. The van der Waals surface area contributed by atoms with Gasteiger partial charge in [0, 0.05) is 6.42 Å². The minimum Gasteiger partial charge on any atom is -0.459 e. The van der Waals surface area contributed by atoms with Gasteiger partial charge in [-0.25, -0.2) is 9.59 Å². The average Bonchev–Trinajstić information content (AvgIpc) is 2.71. The van der Waals surface area contributed by atoms with E-state index in [1.165, 1.54) is 0 Å². The molecule has 0 aliphatic carbocycles. The van der Waals surface area contributed by atoms with Crippen LogP contribution in [0.2, 0.25) is 0 Å². The van der Waals surface area contributed by atoms with Gasteiger partial charge in [-0.1, -0.05) is 60.7 Å². The van der Waals surface area contributed by atoms with Crippen LogP contribution < -0.4 is 5.32 Å². The van der Waals surface area contributed by atoms with Gasteiger partial charge < -0.3 is 19.6 Å². The van der Waals surface area contributed by atoms with Gasteiger partial charge in [0.05, 0.1) is 0 Å². The fraction of sp³-hybridized carbons (Fsp3) is 0.286. The summed E-state index contributed by atoms with van der Waals surface area (Å²) in [6.07, 6.45) is 1.15. The molecule has 0 aliphatic heterocycles. The Kier molecular flexibility index (Phi) is 8.56. The van der Waals surface area contributed by atoms with Crippen LogP contribution in [0.3, 0.4) is 0 Å². The highest BCUT2D eigenvalue weighted by Gasteiger charge is 2.22. The van der Waals surface area contributed by atoms with Crippen molar-refractivity contribution in [2.45, 2.75) is 38.5 Å². The van der Waals surface area contributed by atoms with Crippen LogP contribution in [0, 0.1) is 0 Å². The van der Waals surface area contributed by atoms with Gasteiger partial charge in [-0.2, -0.15) is 0 Å². The summed E-state index contributed by atoms with van der Waals surface area (Å²) in [6, 6.07) is 17.6. The zero-order valence-corrected chi connectivity index (χ0v) is 15.0. The number of hydrogen-bond donors (Lipinski definition) is 1. The number of unbranched alkanes of at least 4 members (excludes halogenated alkanes) is 1. The molecule has 0 saturated carbocycles. The second-order valence-electron chi connectivity index (χ2n) is 5.95. The standard InChI is InChI=1S/C21H23NO5/c23-14-8-7-13-19(20(24)26-15-17-9-3-1-4-10-17)22-21(25)27-16-18-11-5-2-6-12-18/h1-6,9-12,14,19H,7-8,13,15-16H2,(H,22,25)/t19-/m0/s1. The molecular weight excluding hydrogens is 346 g/mol. The van der Waals surface area contributed by atoms with E-state index >= 15 is 0 Å². The van der Waals surface area contributed by atoms with E-state index in [-0.39, 0.29) is 13.2 Å². The number of aldehydes is 1. The smallest absolute Gasteiger partial charge is 0.408 e. The highest BCUT2D eigenvalue weighted by atomic mass is 16.6. The summed E-state index contributed by atoms with van der Waals surface area (Å²) in [5.74, 6) is -0.554. The molecule has 0 spiro atoms. The lowest BCUT2D eigenvalue weighted by atomic mass is 10.1. The van der Waals surface area contributed by atoms with Crippen molar-refractivity contribution in [1.82, 2.24) is 5.32 Å². The van der Waals surface area contributed by atoms with E-state index in [0.29, 0.717) is 19.3 Å². The van der Waals surface area contributed by atoms with E-state index in [2.05, 4.69) is 5.32 Å². The van der Waals surface area contributed by atoms with Crippen molar-refractivity contribution in [1.29, 1.82) is 0 Å². The van der Waals surface area contributed by atoms with Gasteiger partial charge >= 0.3 is 12.1 Å². The number of nitrogens with one attached hydrogen (secondary N) is 1. The van der Waals surface area contributed by atoms with Crippen molar-refractivity contribution < 1.29 is 23.9 Å². The Morgan fingerprint density at radius 2 is 1.44 bits per heavy atom. The lowest BCUT2D eigenvalue weighted by Crippen LogP contribution is -2.42.